The molecule has 1 fully saturated rings. The summed E-state index contributed by atoms with van der Waals surface area (Å²) in [6.07, 6.45) is 1.76. The average molecular weight is 246 g/mol. The minimum Gasteiger partial charge on any atom is -0.398 e. The third kappa shape index (κ3) is 1.97. The summed E-state index contributed by atoms with van der Waals surface area (Å²) in [6, 6.07) is 5.99. The Kier molecular flexibility index (Phi) is 2.96. The summed E-state index contributed by atoms with van der Waals surface area (Å²) in [6.45, 7) is 2.73. The number of nitrogens with two attached hydrogens (primary N) is 1. The first kappa shape index (κ1) is 11.5. The Morgan fingerprint density at radius 3 is 3.11 bits per heavy atom. The van der Waals surface area contributed by atoms with Gasteiger partial charge in [0.1, 0.15) is 0 Å². The molecule has 4 nitrogen and oxygen atoms in total. The lowest BCUT2D eigenvalue weighted by Gasteiger charge is -2.31. The van der Waals surface area contributed by atoms with Crippen LogP contribution in [0, 0.1) is 5.92 Å². The molecule has 0 spiro atoms. The lowest BCUT2D eigenvalue weighted by atomic mass is 9.96. The summed E-state index contributed by atoms with van der Waals surface area (Å²) in [5, 5.41) is 0. The van der Waals surface area contributed by atoms with E-state index in [4.69, 9.17) is 10.5 Å². The molecule has 96 valence electrons. The maximum atomic E-state index is 12.3. The molecule has 3 rings (SSSR count). The first-order valence-corrected chi connectivity index (χ1v) is 6.48. The number of hydrogen-bond donors (Lipinski definition) is 1. The van der Waals surface area contributed by atoms with Crippen LogP contribution in [0.3, 0.4) is 0 Å². The van der Waals surface area contributed by atoms with Crippen molar-refractivity contribution in [3.05, 3.63) is 29.3 Å². The zero-order valence-electron chi connectivity index (χ0n) is 10.4. The molecular formula is C14H18N2O2. The van der Waals surface area contributed by atoms with Crippen molar-refractivity contribution in [1.82, 2.24) is 4.90 Å². The molecule has 2 aliphatic heterocycles. The molecule has 1 saturated heterocycles. The summed E-state index contributed by atoms with van der Waals surface area (Å²) in [5.41, 5.74) is 9.19. The molecule has 18 heavy (non-hydrogen) atoms. The summed E-state index contributed by atoms with van der Waals surface area (Å²) >= 11 is 0. The predicted molar refractivity (Wildman–Crippen MR) is 68.9 cm³/mol. The van der Waals surface area contributed by atoms with Crippen molar-refractivity contribution in [2.45, 2.75) is 19.4 Å². The average Bonchev–Trinajstić information content (AvgIpc) is 2.92. The van der Waals surface area contributed by atoms with Crippen molar-refractivity contribution < 1.29 is 9.53 Å². The van der Waals surface area contributed by atoms with Crippen LogP contribution in [0.5, 0.6) is 0 Å². The summed E-state index contributed by atoms with van der Waals surface area (Å²) in [4.78, 5) is 14.3. The predicted octanol–water partition coefficient (Wildman–Crippen LogP) is 1.19. The number of nitrogens with zero attached hydrogens (tertiary/aromatic N) is 1. The van der Waals surface area contributed by atoms with Crippen molar-refractivity contribution in [3.8, 4) is 0 Å². The van der Waals surface area contributed by atoms with E-state index in [0.29, 0.717) is 19.8 Å². The molecule has 0 aromatic heterocycles. The molecule has 2 N–H and O–H groups in total. The normalized spacial score (nSPS) is 22.9. The number of fused-ring (bicyclic) bond motifs is 1. The van der Waals surface area contributed by atoms with Gasteiger partial charge in [0.15, 0.2) is 0 Å². The van der Waals surface area contributed by atoms with Gasteiger partial charge >= 0.3 is 0 Å². The number of carbonyl (C=O) groups excluding carboxylic acids is 1. The molecule has 1 amide bonds. The monoisotopic (exact) mass is 246 g/mol. The highest BCUT2D eigenvalue weighted by molar-refractivity contribution is 5.79. The molecule has 1 unspecified atom stereocenters. The number of ether oxygens (including phenoxy) is 1. The van der Waals surface area contributed by atoms with Crippen LogP contribution in [0.25, 0.3) is 0 Å². The number of benzene rings is 1. The van der Waals surface area contributed by atoms with Crippen LogP contribution < -0.4 is 5.73 Å². The van der Waals surface area contributed by atoms with E-state index in [-0.39, 0.29) is 11.8 Å². The van der Waals surface area contributed by atoms with Gasteiger partial charge in [-0.2, -0.15) is 0 Å². The highest BCUT2D eigenvalue weighted by Crippen LogP contribution is 2.26. The van der Waals surface area contributed by atoms with Crippen LogP contribution >= 0.6 is 0 Å². The van der Waals surface area contributed by atoms with Gasteiger partial charge in [-0.25, -0.2) is 0 Å². The fourth-order valence-electron chi connectivity index (χ4n) is 2.78. The third-order valence-electron chi connectivity index (χ3n) is 3.90. The van der Waals surface area contributed by atoms with E-state index in [1.54, 1.807) is 0 Å². The Hall–Kier alpha value is -1.55. The van der Waals surface area contributed by atoms with E-state index >= 15 is 0 Å². The maximum absolute atomic E-state index is 12.3. The van der Waals surface area contributed by atoms with Crippen LogP contribution in [0.1, 0.15) is 17.5 Å². The molecule has 0 bridgehead atoms. The Labute approximate surface area is 107 Å². The summed E-state index contributed by atoms with van der Waals surface area (Å²) in [5.74, 6) is 0.276. The van der Waals surface area contributed by atoms with Gasteiger partial charge in [0.2, 0.25) is 5.91 Å². The smallest absolute Gasteiger partial charge is 0.228 e. The van der Waals surface area contributed by atoms with Gasteiger partial charge in [0, 0.05) is 25.4 Å². The van der Waals surface area contributed by atoms with Crippen molar-refractivity contribution in [3.63, 3.8) is 0 Å². The zero-order chi connectivity index (χ0) is 12.5. The number of nitrogen functional groups attached to an aromatic ring is 1. The first-order valence-electron chi connectivity index (χ1n) is 6.48. The standard InChI is InChI=1S/C14H18N2O2/c15-13-3-1-2-10-4-6-16(8-12(10)13)14(17)11-5-7-18-9-11/h1-3,11H,4-9,15H2. The molecule has 0 radical (unpaired) electrons. The second kappa shape index (κ2) is 4.61. The molecule has 1 aromatic rings. The topological polar surface area (TPSA) is 55.6 Å². The van der Waals surface area contributed by atoms with Crippen LogP contribution in [0.2, 0.25) is 0 Å². The fourth-order valence-corrected chi connectivity index (χ4v) is 2.78. The number of rotatable bonds is 1. The largest absolute Gasteiger partial charge is 0.398 e. The van der Waals surface area contributed by atoms with Crippen LogP contribution in [0.4, 0.5) is 5.69 Å². The van der Waals surface area contributed by atoms with Crippen LogP contribution in [-0.4, -0.2) is 30.6 Å². The van der Waals surface area contributed by atoms with E-state index in [1.165, 1.54) is 5.56 Å². The minimum absolute atomic E-state index is 0.0523. The summed E-state index contributed by atoms with van der Waals surface area (Å²) in [7, 11) is 0. The van der Waals surface area contributed by atoms with Crippen LogP contribution in [0.15, 0.2) is 18.2 Å². The van der Waals surface area contributed by atoms with Crippen molar-refractivity contribution in [1.29, 1.82) is 0 Å². The third-order valence-corrected chi connectivity index (χ3v) is 3.90. The number of anilines is 1. The van der Waals surface area contributed by atoms with Crippen molar-refractivity contribution >= 4 is 11.6 Å². The molecule has 1 atom stereocenters. The lowest BCUT2D eigenvalue weighted by molar-refractivity contribution is -0.136. The highest BCUT2D eigenvalue weighted by Gasteiger charge is 2.30. The van der Waals surface area contributed by atoms with E-state index in [9.17, 15) is 4.79 Å². The van der Waals surface area contributed by atoms with E-state index < -0.39 is 0 Å². The van der Waals surface area contributed by atoms with Gasteiger partial charge in [0.05, 0.1) is 12.5 Å². The molecule has 4 heteroatoms. The molecule has 0 saturated carbocycles. The van der Waals surface area contributed by atoms with E-state index in [2.05, 4.69) is 6.07 Å². The second-order valence-electron chi connectivity index (χ2n) is 5.06. The van der Waals surface area contributed by atoms with E-state index in [0.717, 1.165) is 30.6 Å². The van der Waals surface area contributed by atoms with E-state index in [1.807, 2.05) is 17.0 Å². The quantitative estimate of drug-likeness (QED) is 0.757. The van der Waals surface area contributed by atoms with Gasteiger partial charge in [-0.1, -0.05) is 12.1 Å². The Morgan fingerprint density at radius 1 is 1.44 bits per heavy atom. The maximum Gasteiger partial charge on any atom is 0.228 e. The van der Waals surface area contributed by atoms with Crippen molar-refractivity contribution in [2.75, 3.05) is 25.5 Å². The van der Waals surface area contributed by atoms with Gasteiger partial charge in [-0.3, -0.25) is 4.79 Å². The minimum atomic E-state index is 0.0523. The highest BCUT2D eigenvalue weighted by atomic mass is 16.5. The number of amides is 1. The van der Waals surface area contributed by atoms with Crippen LogP contribution in [-0.2, 0) is 22.5 Å². The Morgan fingerprint density at radius 2 is 2.33 bits per heavy atom. The lowest BCUT2D eigenvalue weighted by Crippen LogP contribution is -2.40. The van der Waals surface area contributed by atoms with Gasteiger partial charge < -0.3 is 15.4 Å². The first-order chi connectivity index (χ1) is 8.75. The number of hydrogen-bond acceptors (Lipinski definition) is 3. The number of carbonyl (C=O) groups is 1. The zero-order valence-corrected chi connectivity index (χ0v) is 10.4. The van der Waals surface area contributed by atoms with Crippen molar-refractivity contribution in [2.24, 2.45) is 5.92 Å². The molecule has 2 aliphatic rings. The summed E-state index contributed by atoms with van der Waals surface area (Å²) < 4.78 is 5.29. The molecule has 2 heterocycles. The molecule has 0 aliphatic carbocycles. The van der Waals surface area contributed by atoms with Gasteiger partial charge in [0.25, 0.3) is 0 Å². The second-order valence-corrected chi connectivity index (χ2v) is 5.06. The molecule has 1 aromatic carbocycles. The van der Waals surface area contributed by atoms with Gasteiger partial charge in [-0.15, -0.1) is 0 Å². The Bertz CT molecular complexity index is 467. The fraction of sp³-hybridized carbons (Fsp3) is 0.500. The SMILES string of the molecule is Nc1cccc2c1CN(C(=O)C1CCOC1)CC2. The van der Waals surface area contributed by atoms with Gasteiger partial charge in [-0.05, 0) is 30.0 Å². The Balaban J connectivity index is 1.78. The molecular weight excluding hydrogens is 228 g/mol.